The topological polar surface area (TPSA) is 94.2 Å². The van der Waals surface area contributed by atoms with Crippen molar-refractivity contribution in [3.8, 4) is 17.2 Å². The second-order valence-corrected chi connectivity index (χ2v) is 9.17. The van der Waals surface area contributed by atoms with E-state index in [9.17, 15) is 13.2 Å². The van der Waals surface area contributed by atoms with Crippen LogP contribution < -0.4 is 19.5 Å². The molecule has 0 spiro atoms. The van der Waals surface area contributed by atoms with Gasteiger partial charge in [0.05, 0.1) is 26.2 Å². The average molecular weight is 449 g/mol. The molecule has 2 aromatic carbocycles. The van der Waals surface area contributed by atoms with Gasteiger partial charge < -0.3 is 19.5 Å². The third-order valence-corrected chi connectivity index (χ3v) is 7.40. The zero-order chi connectivity index (χ0) is 22.6. The Kier molecular flexibility index (Phi) is 7.07. The van der Waals surface area contributed by atoms with Crippen molar-refractivity contribution in [1.82, 2.24) is 9.62 Å². The lowest BCUT2D eigenvalue weighted by Crippen LogP contribution is -2.29. The zero-order valence-corrected chi connectivity index (χ0v) is 19.0. The summed E-state index contributed by atoms with van der Waals surface area (Å²) in [6, 6.07) is 8.24. The van der Waals surface area contributed by atoms with Crippen LogP contribution in [0.25, 0.3) is 0 Å². The number of rotatable bonds is 8. The van der Waals surface area contributed by atoms with Crippen molar-refractivity contribution >= 4 is 15.9 Å². The van der Waals surface area contributed by atoms with Crippen LogP contribution in [0, 0.1) is 6.92 Å². The van der Waals surface area contributed by atoms with Gasteiger partial charge in [0, 0.05) is 30.8 Å². The number of sulfonamides is 1. The minimum absolute atomic E-state index is 0.171. The van der Waals surface area contributed by atoms with Crippen molar-refractivity contribution in [3.63, 3.8) is 0 Å². The molecule has 1 fully saturated rings. The Hall–Kier alpha value is -2.78. The van der Waals surface area contributed by atoms with E-state index in [1.807, 2.05) is 0 Å². The lowest BCUT2D eigenvalue weighted by Gasteiger charge is -2.18. The van der Waals surface area contributed by atoms with Crippen LogP contribution in [0.2, 0.25) is 0 Å². The van der Waals surface area contributed by atoms with E-state index < -0.39 is 10.0 Å². The Morgan fingerprint density at radius 3 is 2.29 bits per heavy atom. The van der Waals surface area contributed by atoms with Gasteiger partial charge in [-0.25, -0.2) is 8.42 Å². The summed E-state index contributed by atoms with van der Waals surface area (Å²) in [6.07, 6.45) is 1.71. The highest BCUT2D eigenvalue weighted by Gasteiger charge is 2.29. The largest absolute Gasteiger partial charge is 0.493 e. The molecule has 1 aliphatic rings. The summed E-state index contributed by atoms with van der Waals surface area (Å²) in [5.41, 5.74) is 1.60. The zero-order valence-electron chi connectivity index (χ0n) is 18.2. The summed E-state index contributed by atoms with van der Waals surface area (Å²) in [4.78, 5) is 13.0. The number of ether oxygens (including phenoxy) is 3. The Bertz CT molecular complexity index is 1060. The molecule has 0 aromatic heterocycles. The van der Waals surface area contributed by atoms with Gasteiger partial charge in [-0.15, -0.1) is 0 Å². The van der Waals surface area contributed by atoms with E-state index in [0.717, 1.165) is 12.8 Å². The number of nitrogens with zero attached hydrogens (tertiary/aromatic N) is 1. The number of aryl methyl sites for hydroxylation is 1. The van der Waals surface area contributed by atoms with E-state index in [4.69, 9.17) is 14.2 Å². The molecule has 1 heterocycles. The number of hydrogen-bond donors (Lipinski definition) is 1. The SMILES string of the molecule is COc1ccc(CNC(=O)c2ccc(C)c(S(=O)(=O)N3CCCC3)c2)c(OC)c1OC. The maximum Gasteiger partial charge on any atom is 0.251 e. The Morgan fingerprint density at radius 1 is 1.00 bits per heavy atom. The number of carbonyl (C=O) groups excluding carboxylic acids is 1. The van der Waals surface area contributed by atoms with E-state index in [1.165, 1.54) is 31.7 Å². The number of benzene rings is 2. The highest BCUT2D eigenvalue weighted by atomic mass is 32.2. The van der Waals surface area contributed by atoms with Crippen LogP contribution in [0.3, 0.4) is 0 Å². The molecule has 0 aliphatic carbocycles. The molecule has 3 rings (SSSR count). The van der Waals surface area contributed by atoms with Gasteiger partial charge in [0.1, 0.15) is 0 Å². The van der Waals surface area contributed by atoms with Gasteiger partial charge in [-0.1, -0.05) is 6.07 Å². The highest BCUT2D eigenvalue weighted by molar-refractivity contribution is 7.89. The first kappa shape index (κ1) is 22.9. The number of carbonyl (C=O) groups is 1. The number of hydrogen-bond acceptors (Lipinski definition) is 6. The molecule has 8 nitrogen and oxygen atoms in total. The molecule has 31 heavy (non-hydrogen) atoms. The van der Waals surface area contributed by atoms with Crippen LogP contribution in [-0.4, -0.2) is 53.0 Å². The lowest BCUT2D eigenvalue weighted by atomic mass is 10.1. The van der Waals surface area contributed by atoms with Gasteiger partial charge in [0.25, 0.3) is 5.91 Å². The number of methoxy groups -OCH3 is 3. The second kappa shape index (κ2) is 9.57. The van der Waals surface area contributed by atoms with E-state index >= 15 is 0 Å². The van der Waals surface area contributed by atoms with Crippen LogP contribution >= 0.6 is 0 Å². The summed E-state index contributed by atoms with van der Waals surface area (Å²) in [5, 5.41) is 2.82. The number of amides is 1. The summed E-state index contributed by atoms with van der Waals surface area (Å²) in [7, 11) is 0.938. The van der Waals surface area contributed by atoms with Gasteiger partial charge in [0.15, 0.2) is 11.5 Å². The van der Waals surface area contributed by atoms with Crippen molar-refractivity contribution in [1.29, 1.82) is 0 Å². The van der Waals surface area contributed by atoms with E-state index in [2.05, 4.69) is 5.32 Å². The van der Waals surface area contributed by atoms with E-state index in [0.29, 0.717) is 41.5 Å². The normalized spacial score (nSPS) is 14.3. The molecule has 1 saturated heterocycles. The van der Waals surface area contributed by atoms with Crippen LogP contribution in [0.5, 0.6) is 17.2 Å². The fourth-order valence-corrected chi connectivity index (χ4v) is 5.43. The van der Waals surface area contributed by atoms with Crippen molar-refractivity contribution in [2.24, 2.45) is 0 Å². The fraction of sp³-hybridized carbons (Fsp3) is 0.409. The van der Waals surface area contributed by atoms with Crippen LogP contribution in [0.1, 0.15) is 34.3 Å². The third kappa shape index (κ3) is 4.62. The molecule has 0 bridgehead atoms. The minimum atomic E-state index is -3.62. The van der Waals surface area contributed by atoms with Crippen LogP contribution in [0.15, 0.2) is 35.2 Å². The van der Waals surface area contributed by atoms with Gasteiger partial charge in [-0.3, -0.25) is 4.79 Å². The standard InChI is InChI=1S/C22H28N2O6S/c1-15-7-8-16(13-19(15)31(26,27)24-11-5-6-12-24)22(25)23-14-17-9-10-18(28-2)21(30-4)20(17)29-3/h7-10,13H,5-6,11-12,14H2,1-4H3,(H,23,25). The fourth-order valence-electron chi connectivity index (χ4n) is 3.67. The maximum atomic E-state index is 13.0. The molecule has 1 aliphatic heterocycles. The monoisotopic (exact) mass is 448 g/mol. The predicted octanol–water partition coefficient (Wildman–Crippen LogP) is 2.74. The van der Waals surface area contributed by atoms with Gasteiger partial charge >= 0.3 is 0 Å². The quantitative estimate of drug-likeness (QED) is 0.667. The molecule has 9 heteroatoms. The molecule has 0 atom stereocenters. The molecule has 0 unspecified atom stereocenters. The smallest absolute Gasteiger partial charge is 0.251 e. The summed E-state index contributed by atoms with van der Waals surface area (Å²) in [5.74, 6) is 1.04. The van der Waals surface area contributed by atoms with Gasteiger partial charge in [-0.2, -0.15) is 4.31 Å². The molecule has 1 amide bonds. The molecule has 168 valence electrons. The van der Waals surface area contributed by atoms with Gasteiger partial charge in [0.2, 0.25) is 15.8 Å². The molecule has 0 saturated carbocycles. The molecule has 2 aromatic rings. The maximum absolute atomic E-state index is 13.0. The molecular weight excluding hydrogens is 420 g/mol. The van der Waals surface area contributed by atoms with Crippen molar-refractivity contribution in [2.45, 2.75) is 31.2 Å². The van der Waals surface area contributed by atoms with E-state index in [-0.39, 0.29) is 22.9 Å². The summed E-state index contributed by atoms with van der Waals surface area (Å²) in [6.45, 7) is 2.93. The first-order chi connectivity index (χ1) is 14.8. The van der Waals surface area contributed by atoms with Crippen molar-refractivity contribution in [3.05, 3.63) is 47.0 Å². The second-order valence-electron chi connectivity index (χ2n) is 7.27. The van der Waals surface area contributed by atoms with Crippen LogP contribution in [0.4, 0.5) is 0 Å². The Balaban J connectivity index is 1.82. The minimum Gasteiger partial charge on any atom is -0.493 e. The van der Waals surface area contributed by atoms with E-state index in [1.54, 1.807) is 31.2 Å². The molecule has 0 radical (unpaired) electrons. The molecular formula is C22H28N2O6S. The lowest BCUT2D eigenvalue weighted by molar-refractivity contribution is 0.0950. The van der Waals surface area contributed by atoms with Crippen LogP contribution in [-0.2, 0) is 16.6 Å². The Morgan fingerprint density at radius 2 is 1.68 bits per heavy atom. The molecule has 1 N–H and O–H groups in total. The predicted molar refractivity (Wildman–Crippen MR) is 116 cm³/mol. The number of nitrogens with one attached hydrogen (secondary N) is 1. The first-order valence-corrected chi connectivity index (χ1v) is 11.4. The highest BCUT2D eigenvalue weighted by Crippen LogP contribution is 2.39. The summed E-state index contributed by atoms with van der Waals surface area (Å²) < 4.78 is 43.5. The third-order valence-electron chi connectivity index (χ3n) is 5.36. The van der Waals surface area contributed by atoms with Gasteiger partial charge in [-0.05, 0) is 49.6 Å². The average Bonchev–Trinajstić information content (AvgIpc) is 3.32. The first-order valence-electron chi connectivity index (χ1n) is 10.00. The van der Waals surface area contributed by atoms with Crippen molar-refractivity contribution < 1.29 is 27.4 Å². The Labute approximate surface area is 183 Å². The summed E-state index contributed by atoms with van der Waals surface area (Å²) >= 11 is 0. The van der Waals surface area contributed by atoms with Crippen molar-refractivity contribution in [2.75, 3.05) is 34.4 Å².